The molecule has 2 heterocycles. The molecule has 3 aromatic rings. The van der Waals surface area contributed by atoms with E-state index in [2.05, 4.69) is 20.5 Å². The van der Waals surface area contributed by atoms with Crippen LogP contribution in [0.25, 0.3) is 22.3 Å². The molecule has 1 aromatic carbocycles. The molecule has 1 saturated carbocycles. The van der Waals surface area contributed by atoms with Gasteiger partial charge in [0.15, 0.2) is 5.65 Å². The van der Waals surface area contributed by atoms with Crippen LogP contribution in [0.3, 0.4) is 0 Å². The second kappa shape index (κ2) is 6.64. The lowest BCUT2D eigenvalue weighted by Gasteiger charge is -2.26. The number of pyridine rings is 1. The summed E-state index contributed by atoms with van der Waals surface area (Å²) in [5, 5.41) is 20.7. The van der Waals surface area contributed by atoms with Gasteiger partial charge in [0.1, 0.15) is 5.69 Å². The first-order chi connectivity index (χ1) is 12.2. The van der Waals surface area contributed by atoms with E-state index < -0.39 is 0 Å². The molecule has 4 rings (SSSR count). The SMILES string of the molecule is O=C(N[C@H]1CC[C@H](O)CC1)c1cnc2[nH]nc(-c3ccccc3)c2c1. The van der Waals surface area contributed by atoms with Gasteiger partial charge in [-0.15, -0.1) is 0 Å². The Morgan fingerprint density at radius 3 is 2.68 bits per heavy atom. The molecule has 0 atom stereocenters. The minimum atomic E-state index is -0.231. The van der Waals surface area contributed by atoms with Crippen molar-refractivity contribution in [3.05, 3.63) is 48.2 Å². The molecule has 0 spiro atoms. The van der Waals surface area contributed by atoms with Crippen molar-refractivity contribution in [1.82, 2.24) is 20.5 Å². The smallest absolute Gasteiger partial charge is 0.253 e. The van der Waals surface area contributed by atoms with Crippen LogP contribution < -0.4 is 5.32 Å². The fourth-order valence-electron chi connectivity index (χ4n) is 3.33. The van der Waals surface area contributed by atoms with E-state index in [0.717, 1.165) is 42.3 Å². The summed E-state index contributed by atoms with van der Waals surface area (Å²) in [5.74, 6) is -0.129. The van der Waals surface area contributed by atoms with Crippen molar-refractivity contribution in [2.45, 2.75) is 37.8 Å². The maximum absolute atomic E-state index is 12.6. The number of benzene rings is 1. The van der Waals surface area contributed by atoms with Crippen molar-refractivity contribution in [2.75, 3.05) is 0 Å². The number of hydrogen-bond acceptors (Lipinski definition) is 4. The van der Waals surface area contributed by atoms with E-state index >= 15 is 0 Å². The van der Waals surface area contributed by atoms with Crippen LogP contribution in [0, 0.1) is 0 Å². The van der Waals surface area contributed by atoms with E-state index in [0.29, 0.717) is 11.2 Å². The monoisotopic (exact) mass is 336 g/mol. The standard InChI is InChI=1S/C19H20N4O2/c24-15-8-6-14(7-9-15)21-19(25)13-10-16-17(12-4-2-1-3-5-12)22-23-18(16)20-11-13/h1-5,10-11,14-15,24H,6-9H2,(H,21,25)(H,20,22,23)/t14-,15-. The molecule has 1 aliphatic rings. The van der Waals surface area contributed by atoms with Gasteiger partial charge < -0.3 is 10.4 Å². The van der Waals surface area contributed by atoms with Crippen LogP contribution in [-0.2, 0) is 0 Å². The molecule has 2 aromatic heterocycles. The van der Waals surface area contributed by atoms with E-state index in [1.807, 2.05) is 36.4 Å². The Kier molecular flexibility index (Phi) is 4.19. The summed E-state index contributed by atoms with van der Waals surface area (Å²) in [7, 11) is 0. The number of aromatic nitrogens is 3. The molecule has 0 saturated heterocycles. The third kappa shape index (κ3) is 3.25. The summed E-state index contributed by atoms with van der Waals surface area (Å²) in [6, 6.07) is 11.8. The number of rotatable bonds is 3. The van der Waals surface area contributed by atoms with Gasteiger partial charge in [-0.2, -0.15) is 5.10 Å². The van der Waals surface area contributed by atoms with Crippen LogP contribution in [0.2, 0.25) is 0 Å². The number of aliphatic hydroxyl groups excluding tert-OH is 1. The molecule has 1 fully saturated rings. The Morgan fingerprint density at radius 2 is 1.92 bits per heavy atom. The van der Waals surface area contributed by atoms with Crippen molar-refractivity contribution < 1.29 is 9.90 Å². The summed E-state index contributed by atoms with van der Waals surface area (Å²) < 4.78 is 0. The molecular weight excluding hydrogens is 316 g/mol. The molecule has 25 heavy (non-hydrogen) atoms. The fraction of sp³-hybridized carbons (Fsp3) is 0.316. The second-order valence-corrected chi connectivity index (χ2v) is 6.54. The summed E-state index contributed by atoms with van der Waals surface area (Å²) in [6.45, 7) is 0. The van der Waals surface area contributed by atoms with Crippen LogP contribution in [0.1, 0.15) is 36.0 Å². The Labute approximate surface area is 145 Å². The highest BCUT2D eigenvalue weighted by Gasteiger charge is 2.22. The average Bonchev–Trinajstić information content (AvgIpc) is 3.07. The molecule has 0 radical (unpaired) electrons. The number of carbonyl (C=O) groups excluding carboxylic acids is 1. The highest BCUT2D eigenvalue weighted by molar-refractivity contribution is 6.00. The number of hydrogen-bond donors (Lipinski definition) is 3. The van der Waals surface area contributed by atoms with E-state index in [4.69, 9.17) is 0 Å². The zero-order chi connectivity index (χ0) is 17.2. The Hall–Kier alpha value is -2.73. The summed E-state index contributed by atoms with van der Waals surface area (Å²) >= 11 is 0. The second-order valence-electron chi connectivity index (χ2n) is 6.54. The predicted molar refractivity (Wildman–Crippen MR) is 95.1 cm³/mol. The van der Waals surface area contributed by atoms with Gasteiger partial charge in [-0.25, -0.2) is 4.98 Å². The minimum Gasteiger partial charge on any atom is -0.393 e. The van der Waals surface area contributed by atoms with Crippen LogP contribution in [0.5, 0.6) is 0 Å². The van der Waals surface area contributed by atoms with E-state index in [9.17, 15) is 9.90 Å². The number of carbonyl (C=O) groups is 1. The van der Waals surface area contributed by atoms with Gasteiger partial charge in [0.05, 0.1) is 11.7 Å². The third-order valence-corrected chi connectivity index (χ3v) is 4.76. The van der Waals surface area contributed by atoms with Crippen molar-refractivity contribution in [3.63, 3.8) is 0 Å². The first-order valence-electron chi connectivity index (χ1n) is 8.59. The molecule has 1 amide bonds. The largest absolute Gasteiger partial charge is 0.393 e. The lowest BCUT2D eigenvalue weighted by Crippen LogP contribution is -2.38. The Morgan fingerprint density at radius 1 is 1.16 bits per heavy atom. The Bertz CT molecular complexity index is 883. The predicted octanol–water partition coefficient (Wildman–Crippen LogP) is 2.66. The zero-order valence-corrected chi connectivity index (χ0v) is 13.8. The minimum absolute atomic E-state index is 0.115. The molecule has 1 aliphatic carbocycles. The van der Waals surface area contributed by atoms with Gasteiger partial charge in [0.25, 0.3) is 5.91 Å². The van der Waals surface area contributed by atoms with E-state index in [1.54, 1.807) is 6.20 Å². The number of H-pyrrole nitrogens is 1. The first kappa shape index (κ1) is 15.8. The molecular formula is C19H20N4O2. The summed E-state index contributed by atoms with van der Waals surface area (Å²) in [5.41, 5.74) is 2.96. The van der Waals surface area contributed by atoms with Crippen LogP contribution in [0.15, 0.2) is 42.6 Å². The first-order valence-corrected chi connectivity index (χ1v) is 8.59. The third-order valence-electron chi connectivity index (χ3n) is 4.76. The Balaban J connectivity index is 1.59. The molecule has 6 heteroatoms. The summed E-state index contributed by atoms with van der Waals surface area (Å²) in [4.78, 5) is 16.9. The number of amides is 1. The highest BCUT2D eigenvalue weighted by Crippen LogP contribution is 2.26. The zero-order valence-electron chi connectivity index (χ0n) is 13.8. The van der Waals surface area contributed by atoms with Crippen LogP contribution in [0.4, 0.5) is 0 Å². The molecule has 0 bridgehead atoms. The van der Waals surface area contributed by atoms with Gasteiger partial charge in [0, 0.05) is 23.2 Å². The van der Waals surface area contributed by atoms with Crippen molar-refractivity contribution >= 4 is 16.9 Å². The van der Waals surface area contributed by atoms with E-state index in [-0.39, 0.29) is 18.1 Å². The maximum atomic E-state index is 12.6. The lowest BCUT2D eigenvalue weighted by molar-refractivity contribution is 0.0867. The average molecular weight is 336 g/mol. The van der Waals surface area contributed by atoms with Crippen LogP contribution in [-0.4, -0.2) is 38.3 Å². The topological polar surface area (TPSA) is 90.9 Å². The maximum Gasteiger partial charge on any atom is 0.253 e. The van der Waals surface area contributed by atoms with Gasteiger partial charge >= 0.3 is 0 Å². The number of fused-ring (bicyclic) bond motifs is 1. The fourth-order valence-corrected chi connectivity index (χ4v) is 3.33. The molecule has 0 unspecified atom stereocenters. The molecule has 0 aliphatic heterocycles. The number of nitrogens with one attached hydrogen (secondary N) is 2. The van der Waals surface area contributed by atoms with Gasteiger partial charge in [-0.3, -0.25) is 9.89 Å². The van der Waals surface area contributed by atoms with Crippen molar-refractivity contribution in [2.24, 2.45) is 0 Å². The van der Waals surface area contributed by atoms with Gasteiger partial charge in [-0.05, 0) is 31.7 Å². The number of aromatic amines is 1. The number of aliphatic hydroxyl groups is 1. The number of nitrogens with zero attached hydrogens (tertiary/aromatic N) is 2. The molecule has 6 nitrogen and oxygen atoms in total. The molecule has 128 valence electrons. The quantitative estimate of drug-likeness (QED) is 0.686. The van der Waals surface area contributed by atoms with Crippen molar-refractivity contribution in [3.8, 4) is 11.3 Å². The van der Waals surface area contributed by atoms with Gasteiger partial charge in [0.2, 0.25) is 0 Å². The normalized spacial score (nSPS) is 20.5. The van der Waals surface area contributed by atoms with Gasteiger partial charge in [-0.1, -0.05) is 30.3 Å². The highest BCUT2D eigenvalue weighted by atomic mass is 16.3. The van der Waals surface area contributed by atoms with Crippen LogP contribution >= 0.6 is 0 Å². The van der Waals surface area contributed by atoms with Crippen molar-refractivity contribution in [1.29, 1.82) is 0 Å². The van der Waals surface area contributed by atoms with E-state index in [1.165, 1.54) is 0 Å². The lowest BCUT2D eigenvalue weighted by atomic mass is 9.93. The summed E-state index contributed by atoms with van der Waals surface area (Å²) in [6.07, 6.45) is 4.44. The molecule has 3 N–H and O–H groups in total.